The summed E-state index contributed by atoms with van der Waals surface area (Å²) in [6, 6.07) is 15.6. The highest BCUT2D eigenvalue weighted by molar-refractivity contribution is 5.79. The van der Waals surface area contributed by atoms with Crippen molar-refractivity contribution in [1.82, 2.24) is 35.1 Å². The molecule has 0 bridgehead atoms. The first-order valence-electron chi connectivity index (χ1n) is 12.0. The van der Waals surface area contributed by atoms with Crippen molar-refractivity contribution < 1.29 is 4.42 Å². The van der Waals surface area contributed by atoms with Crippen molar-refractivity contribution in [1.29, 1.82) is 0 Å². The molecule has 1 atom stereocenters. The van der Waals surface area contributed by atoms with Crippen molar-refractivity contribution in [3.8, 4) is 0 Å². The summed E-state index contributed by atoms with van der Waals surface area (Å²) >= 11 is 0. The number of benzene rings is 1. The number of aryl methyl sites for hydroxylation is 1. The smallest absolute Gasteiger partial charge is 0.252 e. The first-order valence-corrected chi connectivity index (χ1v) is 12.0. The third-order valence-electron chi connectivity index (χ3n) is 6.29. The second-order valence-electron chi connectivity index (χ2n) is 9.44. The fraction of sp³-hybridized carbons (Fsp3) is 0.296. The van der Waals surface area contributed by atoms with Crippen molar-refractivity contribution in [3.63, 3.8) is 0 Å². The molecule has 0 fully saturated rings. The van der Waals surface area contributed by atoms with E-state index in [4.69, 9.17) is 4.42 Å². The third kappa shape index (κ3) is 5.11. The van der Waals surface area contributed by atoms with E-state index in [-0.39, 0.29) is 17.5 Å². The molecule has 5 aromatic rings. The molecular weight excluding hydrogens is 454 g/mol. The number of pyridine rings is 2. The highest BCUT2D eigenvalue weighted by Crippen LogP contribution is 2.30. The Bertz CT molecular complexity index is 1490. The van der Waals surface area contributed by atoms with Crippen LogP contribution in [0.4, 0.5) is 0 Å². The van der Waals surface area contributed by atoms with Gasteiger partial charge >= 0.3 is 0 Å². The lowest BCUT2D eigenvalue weighted by Gasteiger charge is -2.33. The van der Waals surface area contributed by atoms with Crippen LogP contribution in [0.3, 0.4) is 0 Å². The van der Waals surface area contributed by atoms with Crippen LogP contribution in [0.15, 0.2) is 76.4 Å². The molecule has 0 aliphatic heterocycles. The van der Waals surface area contributed by atoms with E-state index in [1.807, 2.05) is 55.6 Å². The highest BCUT2D eigenvalue weighted by atomic mass is 16.3. The summed E-state index contributed by atoms with van der Waals surface area (Å²) < 4.78 is 7.31. The largest absolute Gasteiger partial charge is 0.467 e. The Hall–Kier alpha value is -4.11. The number of hydrogen-bond acceptors (Lipinski definition) is 7. The molecule has 1 N–H and O–H groups in total. The van der Waals surface area contributed by atoms with Crippen molar-refractivity contribution in [2.24, 2.45) is 5.92 Å². The zero-order valence-corrected chi connectivity index (χ0v) is 20.6. The number of tetrazole rings is 1. The van der Waals surface area contributed by atoms with Crippen LogP contribution in [0.25, 0.3) is 10.9 Å². The highest BCUT2D eigenvalue weighted by Gasteiger charge is 2.30. The summed E-state index contributed by atoms with van der Waals surface area (Å²) in [5.74, 6) is 1.65. The second kappa shape index (κ2) is 10.2. The Morgan fingerprint density at radius 1 is 1.11 bits per heavy atom. The minimum atomic E-state index is -0.164. The molecule has 36 heavy (non-hydrogen) atoms. The van der Waals surface area contributed by atoms with Crippen LogP contribution in [0, 0.1) is 12.8 Å². The van der Waals surface area contributed by atoms with Gasteiger partial charge < -0.3 is 9.40 Å². The van der Waals surface area contributed by atoms with E-state index in [0.717, 1.165) is 33.6 Å². The predicted molar refractivity (Wildman–Crippen MR) is 136 cm³/mol. The summed E-state index contributed by atoms with van der Waals surface area (Å²) in [5.41, 5.74) is 3.61. The molecule has 9 nitrogen and oxygen atoms in total. The van der Waals surface area contributed by atoms with Crippen molar-refractivity contribution in [2.45, 2.75) is 46.4 Å². The zero-order chi connectivity index (χ0) is 25.1. The van der Waals surface area contributed by atoms with Gasteiger partial charge in [0, 0.05) is 36.6 Å². The quantitative estimate of drug-likeness (QED) is 0.334. The maximum atomic E-state index is 13.1. The number of fused-ring (bicyclic) bond motifs is 1. The van der Waals surface area contributed by atoms with Gasteiger partial charge in [-0.15, -0.1) is 5.10 Å². The van der Waals surface area contributed by atoms with Crippen LogP contribution in [-0.2, 0) is 19.6 Å². The van der Waals surface area contributed by atoms with Gasteiger partial charge in [0.1, 0.15) is 12.3 Å². The van der Waals surface area contributed by atoms with Gasteiger partial charge in [0.25, 0.3) is 5.56 Å². The Kier molecular flexibility index (Phi) is 6.73. The molecule has 0 aliphatic rings. The van der Waals surface area contributed by atoms with Crippen LogP contribution < -0.4 is 5.56 Å². The molecule has 0 amide bonds. The number of rotatable bonds is 9. The molecule has 184 valence electrons. The molecule has 0 saturated heterocycles. The van der Waals surface area contributed by atoms with Gasteiger partial charge in [-0.25, -0.2) is 4.68 Å². The third-order valence-corrected chi connectivity index (χ3v) is 6.29. The van der Waals surface area contributed by atoms with Crippen molar-refractivity contribution in [3.05, 3.63) is 106 Å². The summed E-state index contributed by atoms with van der Waals surface area (Å²) in [6.45, 7) is 7.75. The molecule has 0 radical (unpaired) electrons. The standard InChI is InChI=1S/C27H29N7O2/c1-18(2)25(26-30-31-32-34(26)17-23-7-5-11-36-23)33(15-20-6-4-10-28-14-20)16-22-13-21-12-19(3)8-9-24(21)29-27(22)35/h4-14,18,25H,15-17H2,1-3H3,(H,29,35). The van der Waals surface area contributed by atoms with Crippen LogP contribution in [0.1, 0.15) is 48.2 Å². The molecule has 1 aromatic carbocycles. The fourth-order valence-corrected chi connectivity index (χ4v) is 4.66. The van der Waals surface area contributed by atoms with Crippen molar-refractivity contribution in [2.75, 3.05) is 0 Å². The number of H-pyrrole nitrogens is 1. The normalized spacial score (nSPS) is 12.6. The average molecular weight is 484 g/mol. The van der Waals surface area contributed by atoms with E-state index in [1.54, 1.807) is 17.1 Å². The van der Waals surface area contributed by atoms with Gasteiger partial charge in [0.2, 0.25) is 0 Å². The average Bonchev–Trinajstić information content (AvgIpc) is 3.53. The van der Waals surface area contributed by atoms with Gasteiger partial charge in [-0.05, 0) is 70.6 Å². The summed E-state index contributed by atoms with van der Waals surface area (Å²) in [4.78, 5) is 22.7. The van der Waals surface area contributed by atoms with E-state index in [1.165, 1.54) is 0 Å². The number of nitrogens with one attached hydrogen (secondary N) is 1. The number of aromatic amines is 1. The van der Waals surface area contributed by atoms with E-state index in [0.29, 0.717) is 25.2 Å². The first kappa shape index (κ1) is 23.6. The molecule has 1 unspecified atom stereocenters. The number of furan rings is 1. The topological polar surface area (TPSA) is 106 Å². The first-order chi connectivity index (χ1) is 17.5. The minimum absolute atomic E-state index is 0.0970. The Balaban J connectivity index is 1.55. The lowest BCUT2D eigenvalue weighted by molar-refractivity contribution is 0.125. The molecule has 9 heteroatoms. The number of aromatic nitrogens is 6. The summed E-state index contributed by atoms with van der Waals surface area (Å²) in [6.07, 6.45) is 5.25. The van der Waals surface area contributed by atoms with Crippen LogP contribution in [0.2, 0.25) is 0 Å². The minimum Gasteiger partial charge on any atom is -0.467 e. The molecule has 5 rings (SSSR count). The maximum absolute atomic E-state index is 13.1. The van der Waals surface area contributed by atoms with Gasteiger partial charge in [0.05, 0.1) is 12.3 Å². The van der Waals surface area contributed by atoms with Gasteiger partial charge in [-0.2, -0.15) is 0 Å². The van der Waals surface area contributed by atoms with E-state index in [2.05, 4.69) is 50.3 Å². The summed E-state index contributed by atoms with van der Waals surface area (Å²) in [7, 11) is 0. The van der Waals surface area contributed by atoms with E-state index >= 15 is 0 Å². The Labute approximate surface area is 208 Å². The molecular formula is C27H29N7O2. The predicted octanol–water partition coefficient (Wildman–Crippen LogP) is 4.26. The van der Waals surface area contributed by atoms with Gasteiger partial charge in [-0.1, -0.05) is 31.5 Å². The molecule has 0 saturated carbocycles. The maximum Gasteiger partial charge on any atom is 0.252 e. The molecule has 4 aromatic heterocycles. The zero-order valence-electron chi connectivity index (χ0n) is 20.6. The lowest BCUT2D eigenvalue weighted by atomic mass is 9.99. The summed E-state index contributed by atoms with van der Waals surface area (Å²) in [5, 5.41) is 13.7. The Morgan fingerprint density at radius 3 is 2.75 bits per heavy atom. The van der Waals surface area contributed by atoms with Crippen molar-refractivity contribution >= 4 is 10.9 Å². The fourth-order valence-electron chi connectivity index (χ4n) is 4.66. The van der Waals surface area contributed by atoms with Gasteiger partial charge in [-0.3, -0.25) is 14.7 Å². The Morgan fingerprint density at radius 2 is 2.00 bits per heavy atom. The number of hydrogen-bond donors (Lipinski definition) is 1. The van der Waals surface area contributed by atoms with E-state index in [9.17, 15) is 4.79 Å². The molecule has 0 aliphatic carbocycles. The number of nitrogens with zero attached hydrogens (tertiary/aromatic N) is 6. The van der Waals surface area contributed by atoms with E-state index < -0.39 is 0 Å². The lowest BCUT2D eigenvalue weighted by Crippen LogP contribution is -2.35. The second-order valence-corrected chi connectivity index (χ2v) is 9.44. The molecule has 4 heterocycles. The monoisotopic (exact) mass is 483 g/mol. The SMILES string of the molecule is Cc1ccc2[nH]c(=O)c(CN(Cc3cccnc3)C(c3nnnn3Cc3ccco3)C(C)C)cc2c1. The van der Waals surface area contributed by atoms with Gasteiger partial charge in [0.15, 0.2) is 5.82 Å². The molecule has 0 spiro atoms. The van der Waals surface area contributed by atoms with Crippen LogP contribution in [-0.4, -0.2) is 35.1 Å². The van der Waals surface area contributed by atoms with Crippen LogP contribution in [0.5, 0.6) is 0 Å². The van der Waals surface area contributed by atoms with Crippen LogP contribution >= 0.6 is 0 Å².